The Bertz CT molecular complexity index is 321. The molecule has 0 aromatic rings. The van der Waals surface area contributed by atoms with Crippen LogP contribution in [0.2, 0.25) is 0 Å². The van der Waals surface area contributed by atoms with E-state index in [9.17, 15) is 4.79 Å². The summed E-state index contributed by atoms with van der Waals surface area (Å²) in [5, 5.41) is 0. The first-order valence-electron chi connectivity index (χ1n) is 8.61. The number of amides is 1. The molecule has 2 fully saturated rings. The summed E-state index contributed by atoms with van der Waals surface area (Å²) in [5.41, 5.74) is 0. The Morgan fingerprint density at radius 3 is 2.33 bits per heavy atom. The summed E-state index contributed by atoms with van der Waals surface area (Å²) in [6, 6.07) is 0. The minimum atomic E-state index is 0.264. The lowest BCUT2D eigenvalue weighted by Crippen LogP contribution is -3.16. The topological polar surface area (TPSA) is 38.4 Å². The average molecular weight is 299 g/mol. The number of nitrogens with zero attached hydrogens (tertiary/aromatic N) is 1. The molecule has 0 bridgehead atoms. The maximum atomic E-state index is 12.4. The van der Waals surface area contributed by atoms with Gasteiger partial charge in [-0.25, -0.2) is 0 Å². The van der Waals surface area contributed by atoms with Gasteiger partial charge in [-0.15, -0.1) is 0 Å². The predicted octanol–water partition coefficient (Wildman–Crippen LogP) is -1.79. The lowest BCUT2D eigenvalue weighted by Gasteiger charge is -2.33. The van der Waals surface area contributed by atoms with E-state index in [1.807, 2.05) is 11.9 Å². The fraction of sp³-hybridized carbons (Fsp3) is 0.938. The number of hydrogen-bond acceptors (Lipinski definition) is 2. The smallest absolute Gasteiger partial charge is 0.277 e. The van der Waals surface area contributed by atoms with E-state index in [1.165, 1.54) is 37.3 Å². The second-order valence-electron chi connectivity index (χ2n) is 6.97. The summed E-state index contributed by atoms with van der Waals surface area (Å²) in [5.74, 6) is 0.280. The Hall–Kier alpha value is -0.650. The van der Waals surface area contributed by atoms with Crippen molar-refractivity contribution < 1.29 is 19.3 Å². The van der Waals surface area contributed by atoms with Crippen molar-refractivity contribution in [2.45, 2.75) is 45.3 Å². The molecule has 2 rings (SSSR count). The van der Waals surface area contributed by atoms with Crippen molar-refractivity contribution >= 4 is 5.91 Å². The van der Waals surface area contributed by atoms with E-state index in [2.05, 4.69) is 13.8 Å². The van der Waals surface area contributed by atoms with Gasteiger partial charge in [-0.05, 0) is 33.1 Å². The molecule has 0 saturated carbocycles. The molecule has 21 heavy (non-hydrogen) atoms. The Kier molecular flexibility index (Phi) is 6.45. The predicted molar refractivity (Wildman–Crippen MR) is 82.6 cm³/mol. The van der Waals surface area contributed by atoms with E-state index >= 15 is 0 Å². The van der Waals surface area contributed by atoms with Crippen molar-refractivity contribution in [3.63, 3.8) is 0 Å². The van der Waals surface area contributed by atoms with Gasteiger partial charge < -0.3 is 19.4 Å². The number of carbonyl (C=O) groups excluding carboxylic acids is 1. The van der Waals surface area contributed by atoms with Crippen LogP contribution in [0.5, 0.6) is 0 Å². The second kappa shape index (κ2) is 8.11. The summed E-state index contributed by atoms with van der Waals surface area (Å²) < 4.78 is 5.74. The number of hydrogen-bond donors (Lipinski definition) is 2. The van der Waals surface area contributed by atoms with E-state index in [0.717, 1.165) is 26.2 Å². The third kappa shape index (κ3) is 5.57. The summed E-state index contributed by atoms with van der Waals surface area (Å²) in [4.78, 5) is 17.3. The Balaban J connectivity index is 1.69. The Labute approximate surface area is 129 Å². The van der Waals surface area contributed by atoms with Crippen LogP contribution in [0.25, 0.3) is 0 Å². The van der Waals surface area contributed by atoms with Crippen LogP contribution in [0.3, 0.4) is 0 Å². The van der Waals surface area contributed by atoms with Gasteiger partial charge in [0.1, 0.15) is 25.3 Å². The summed E-state index contributed by atoms with van der Waals surface area (Å²) in [6.45, 7) is 11.3. The van der Waals surface area contributed by atoms with E-state index in [0.29, 0.717) is 6.54 Å². The van der Waals surface area contributed by atoms with Gasteiger partial charge in [-0.2, -0.15) is 0 Å². The number of likely N-dealkylation sites (tertiary alicyclic amines) is 1. The van der Waals surface area contributed by atoms with Gasteiger partial charge in [0.05, 0.1) is 26.2 Å². The molecular weight excluding hydrogens is 266 g/mol. The number of carbonyl (C=O) groups is 1. The van der Waals surface area contributed by atoms with E-state index in [1.54, 1.807) is 4.90 Å². The Morgan fingerprint density at radius 1 is 1.10 bits per heavy atom. The molecule has 2 heterocycles. The molecule has 3 atom stereocenters. The van der Waals surface area contributed by atoms with Crippen molar-refractivity contribution in [1.82, 2.24) is 4.90 Å². The maximum Gasteiger partial charge on any atom is 0.277 e. The van der Waals surface area contributed by atoms with Crippen LogP contribution in [-0.2, 0) is 9.53 Å². The molecule has 1 unspecified atom stereocenters. The number of ether oxygens (including phenoxy) is 1. The first-order chi connectivity index (χ1) is 10.0. The molecule has 0 radical (unpaired) electrons. The number of morpholine rings is 1. The van der Waals surface area contributed by atoms with Crippen molar-refractivity contribution in [1.29, 1.82) is 0 Å². The van der Waals surface area contributed by atoms with Crippen LogP contribution in [0.1, 0.15) is 33.1 Å². The molecule has 1 amide bonds. The van der Waals surface area contributed by atoms with Crippen LogP contribution in [0, 0.1) is 0 Å². The van der Waals surface area contributed by atoms with Crippen LogP contribution in [0.15, 0.2) is 0 Å². The van der Waals surface area contributed by atoms with Crippen LogP contribution < -0.4 is 9.80 Å². The van der Waals surface area contributed by atoms with E-state index in [-0.39, 0.29) is 18.1 Å². The molecule has 2 aliphatic heterocycles. The van der Waals surface area contributed by atoms with Gasteiger partial charge in [0.25, 0.3) is 5.91 Å². The molecule has 0 aromatic carbocycles. The molecule has 2 saturated heterocycles. The van der Waals surface area contributed by atoms with Crippen LogP contribution in [-0.4, -0.2) is 75.9 Å². The van der Waals surface area contributed by atoms with E-state index in [4.69, 9.17) is 4.74 Å². The minimum Gasteiger partial charge on any atom is -0.364 e. The summed E-state index contributed by atoms with van der Waals surface area (Å²) in [7, 11) is 1.96. The largest absolute Gasteiger partial charge is 0.364 e. The molecule has 2 N–H and O–H groups in total. The van der Waals surface area contributed by atoms with Crippen LogP contribution in [0.4, 0.5) is 0 Å². The van der Waals surface area contributed by atoms with Crippen molar-refractivity contribution in [2.75, 3.05) is 52.9 Å². The first-order valence-corrected chi connectivity index (χ1v) is 8.61. The van der Waals surface area contributed by atoms with Gasteiger partial charge >= 0.3 is 0 Å². The first kappa shape index (κ1) is 16.7. The SMILES string of the molecule is C[C@@H]1C[NH+](CC(=O)N(C)CC[NH+]2CCCCC2)C[C@H](C)O1. The van der Waals surface area contributed by atoms with Crippen molar-refractivity contribution in [3.05, 3.63) is 0 Å². The van der Waals surface area contributed by atoms with Gasteiger partial charge in [0.2, 0.25) is 0 Å². The normalized spacial score (nSPS) is 31.1. The molecule has 5 heteroatoms. The quantitative estimate of drug-likeness (QED) is 0.629. The van der Waals surface area contributed by atoms with Gasteiger partial charge in [-0.3, -0.25) is 4.79 Å². The fourth-order valence-corrected chi connectivity index (χ4v) is 3.63. The fourth-order valence-electron chi connectivity index (χ4n) is 3.63. The third-order valence-corrected chi connectivity index (χ3v) is 4.81. The van der Waals surface area contributed by atoms with Gasteiger partial charge in [0, 0.05) is 7.05 Å². The lowest BCUT2D eigenvalue weighted by molar-refractivity contribution is -0.908. The van der Waals surface area contributed by atoms with E-state index < -0.39 is 0 Å². The number of quaternary nitrogens is 2. The number of rotatable bonds is 5. The zero-order valence-electron chi connectivity index (χ0n) is 14.0. The molecule has 0 aromatic heterocycles. The molecular formula is C16H33N3O2+2. The molecule has 2 aliphatic rings. The van der Waals surface area contributed by atoms with Crippen molar-refractivity contribution in [2.24, 2.45) is 0 Å². The minimum absolute atomic E-state index is 0.264. The molecule has 0 aliphatic carbocycles. The van der Waals surface area contributed by atoms with Gasteiger partial charge in [0.15, 0.2) is 6.54 Å². The molecule has 0 spiro atoms. The standard InChI is InChI=1S/C16H31N3O2/c1-14-11-19(12-15(2)21-14)13-16(20)17(3)9-10-18-7-5-4-6-8-18/h14-15H,4-13H2,1-3H3/p+2/t14-,15+. The number of likely N-dealkylation sites (N-methyl/N-ethyl adjacent to an activating group) is 1. The maximum absolute atomic E-state index is 12.4. The lowest BCUT2D eigenvalue weighted by atomic mass is 10.1. The highest BCUT2D eigenvalue weighted by Crippen LogP contribution is 1.98. The number of piperidine rings is 1. The average Bonchev–Trinajstić information content (AvgIpc) is 2.44. The number of nitrogens with one attached hydrogen (secondary N) is 2. The highest BCUT2D eigenvalue weighted by molar-refractivity contribution is 5.76. The third-order valence-electron chi connectivity index (χ3n) is 4.81. The zero-order valence-corrected chi connectivity index (χ0v) is 14.0. The highest BCUT2D eigenvalue weighted by Gasteiger charge is 2.28. The molecule has 122 valence electrons. The zero-order chi connectivity index (χ0) is 15.2. The summed E-state index contributed by atoms with van der Waals surface area (Å²) in [6.07, 6.45) is 4.61. The molecule has 5 nitrogen and oxygen atoms in total. The van der Waals surface area contributed by atoms with Gasteiger partial charge in [-0.1, -0.05) is 0 Å². The van der Waals surface area contributed by atoms with Crippen molar-refractivity contribution in [3.8, 4) is 0 Å². The second-order valence-corrected chi connectivity index (χ2v) is 6.97. The summed E-state index contributed by atoms with van der Waals surface area (Å²) >= 11 is 0. The monoisotopic (exact) mass is 299 g/mol. The highest BCUT2D eigenvalue weighted by atomic mass is 16.5. The Morgan fingerprint density at radius 2 is 1.71 bits per heavy atom. The van der Waals surface area contributed by atoms with Crippen LogP contribution >= 0.6 is 0 Å².